The summed E-state index contributed by atoms with van der Waals surface area (Å²) in [5.74, 6) is -0.731. The van der Waals surface area contributed by atoms with Crippen LogP contribution < -0.4 is 14.8 Å². The Balaban J connectivity index is 1.89. The highest BCUT2D eigenvalue weighted by Gasteiger charge is 2.35. The Bertz CT molecular complexity index is 646. The summed E-state index contributed by atoms with van der Waals surface area (Å²) in [5, 5.41) is 12.2. The molecule has 2 N–H and O–H groups in total. The largest absolute Gasteiger partial charge is 0.493 e. The molecule has 1 amide bonds. The van der Waals surface area contributed by atoms with Gasteiger partial charge < -0.3 is 19.9 Å². The normalized spacial score (nSPS) is 19.1. The molecule has 1 aromatic rings. The van der Waals surface area contributed by atoms with Gasteiger partial charge in [0, 0.05) is 6.54 Å². The molecule has 1 saturated carbocycles. The quantitative estimate of drug-likeness (QED) is 0.553. The summed E-state index contributed by atoms with van der Waals surface area (Å²) >= 11 is 0. The Hall–Kier alpha value is -2.24. The molecule has 2 unspecified atom stereocenters. The van der Waals surface area contributed by atoms with Gasteiger partial charge in [-0.25, -0.2) is 0 Å². The third kappa shape index (κ3) is 6.43. The molecule has 0 saturated heterocycles. The monoisotopic (exact) mass is 391 g/mol. The number of hydrogen-bond acceptors (Lipinski definition) is 4. The molecule has 6 nitrogen and oxygen atoms in total. The van der Waals surface area contributed by atoms with E-state index in [9.17, 15) is 14.7 Å². The van der Waals surface area contributed by atoms with E-state index in [4.69, 9.17) is 9.47 Å². The van der Waals surface area contributed by atoms with Crippen LogP contribution in [0.25, 0.3) is 0 Å². The van der Waals surface area contributed by atoms with Gasteiger partial charge in [-0.2, -0.15) is 0 Å². The summed E-state index contributed by atoms with van der Waals surface area (Å²) in [4.78, 5) is 23.9. The van der Waals surface area contributed by atoms with Gasteiger partial charge in [0.25, 0.3) is 0 Å². The van der Waals surface area contributed by atoms with Crippen LogP contribution in [-0.2, 0) is 16.1 Å². The van der Waals surface area contributed by atoms with Gasteiger partial charge >= 0.3 is 5.97 Å². The third-order valence-corrected chi connectivity index (χ3v) is 5.37. The van der Waals surface area contributed by atoms with Crippen LogP contribution in [0.1, 0.15) is 63.9 Å². The first kappa shape index (κ1) is 22.1. The van der Waals surface area contributed by atoms with E-state index in [1.165, 1.54) is 12.8 Å². The maximum absolute atomic E-state index is 12.5. The van der Waals surface area contributed by atoms with Gasteiger partial charge in [0.15, 0.2) is 11.5 Å². The lowest BCUT2D eigenvalue weighted by Gasteiger charge is -2.27. The number of carbonyl (C=O) groups is 2. The van der Waals surface area contributed by atoms with Crippen molar-refractivity contribution in [3.8, 4) is 11.5 Å². The van der Waals surface area contributed by atoms with Crippen molar-refractivity contribution in [1.82, 2.24) is 5.32 Å². The van der Waals surface area contributed by atoms with Crippen LogP contribution in [-0.4, -0.2) is 30.7 Å². The predicted octanol–water partition coefficient (Wildman–Crippen LogP) is 4.16. The van der Waals surface area contributed by atoms with Gasteiger partial charge in [-0.3, -0.25) is 9.59 Å². The van der Waals surface area contributed by atoms with Crippen LogP contribution in [0.2, 0.25) is 0 Å². The maximum atomic E-state index is 12.5. The molecular formula is C22H33NO5. The third-order valence-electron chi connectivity index (χ3n) is 5.37. The smallest absolute Gasteiger partial charge is 0.307 e. The number of unbranched alkanes of at least 4 members (excludes halogenated alkanes) is 3. The number of benzene rings is 1. The fourth-order valence-corrected chi connectivity index (χ4v) is 3.71. The van der Waals surface area contributed by atoms with E-state index in [2.05, 4.69) is 12.2 Å². The first-order chi connectivity index (χ1) is 13.6. The Morgan fingerprint density at radius 1 is 1.11 bits per heavy atom. The van der Waals surface area contributed by atoms with Gasteiger partial charge in [0.05, 0.1) is 25.6 Å². The highest BCUT2D eigenvalue weighted by Crippen LogP contribution is 2.31. The van der Waals surface area contributed by atoms with Gasteiger partial charge in [-0.15, -0.1) is 0 Å². The van der Waals surface area contributed by atoms with Crippen LogP contribution in [0.15, 0.2) is 18.2 Å². The molecule has 1 aromatic carbocycles. The Morgan fingerprint density at radius 2 is 1.86 bits per heavy atom. The summed E-state index contributed by atoms with van der Waals surface area (Å²) in [6.07, 6.45) is 7.56. The summed E-state index contributed by atoms with van der Waals surface area (Å²) in [6.45, 7) is 3.18. The van der Waals surface area contributed by atoms with E-state index in [-0.39, 0.29) is 5.91 Å². The summed E-state index contributed by atoms with van der Waals surface area (Å²) in [5.41, 5.74) is 0.895. The molecule has 0 aliphatic heterocycles. The SMILES string of the molecule is CCCCCCOc1ccc(CNC(=O)C2CCCCC2C(=O)O)cc1OC. The zero-order valence-electron chi connectivity index (χ0n) is 17.0. The molecular weight excluding hydrogens is 358 g/mol. The topological polar surface area (TPSA) is 84.9 Å². The van der Waals surface area contributed by atoms with Gasteiger partial charge in [-0.1, -0.05) is 45.1 Å². The molecule has 28 heavy (non-hydrogen) atoms. The lowest BCUT2D eigenvalue weighted by atomic mass is 9.78. The highest BCUT2D eigenvalue weighted by atomic mass is 16.5. The fraction of sp³-hybridized carbons (Fsp3) is 0.636. The predicted molar refractivity (Wildman–Crippen MR) is 108 cm³/mol. The van der Waals surface area contributed by atoms with E-state index in [1.807, 2.05) is 18.2 Å². The number of hydrogen-bond donors (Lipinski definition) is 2. The van der Waals surface area contributed by atoms with Crippen LogP contribution in [0.5, 0.6) is 11.5 Å². The molecule has 0 spiro atoms. The molecule has 2 atom stereocenters. The molecule has 2 rings (SSSR count). The highest BCUT2D eigenvalue weighted by molar-refractivity contribution is 5.84. The molecule has 0 heterocycles. The number of carboxylic acids is 1. The molecule has 0 radical (unpaired) electrons. The van der Waals surface area contributed by atoms with Crippen molar-refractivity contribution >= 4 is 11.9 Å². The Morgan fingerprint density at radius 3 is 2.54 bits per heavy atom. The summed E-state index contributed by atoms with van der Waals surface area (Å²) in [6, 6.07) is 5.62. The molecule has 1 fully saturated rings. The molecule has 1 aliphatic carbocycles. The van der Waals surface area contributed by atoms with E-state index in [0.29, 0.717) is 37.5 Å². The zero-order chi connectivity index (χ0) is 20.4. The average Bonchev–Trinajstić information content (AvgIpc) is 2.72. The van der Waals surface area contributed by atoms with Crippen molar-refractivity contribution < 1.29 is 24.2 Å². The number of nitrogens with one attached hydrogen (secondary N) is 1. The van der Waals surface area contributed by atoms with Crippen molar-refractivity contribution in [3.63, 3.8) is 0 Å². The Labute approximate surface area is 167 Å². The van der Waals surface area contributed by atoms with Crippen LogP contribution >= 0.6 is 0 Å². The first-order valence-electron chi connectivity index (χ1n) is 10.4. The minimum Gasteiger partial charge on any atom is -0.493 e. The van der Waals surface area contributed by atoms with Gasteiger partial charge in [0.2, 0.25) is 5.91 Å². The zero-order valence-corrected chi connectivity index (χ0v) is 17.0. The molecule has 6 heteroatoms. The minimum absolute atomic E-state index is 0.178. The van der Waals surface area contributed by atoms with Crippen molar-refractivity contribution in [2.45, 2.75) is 64.8 Å². The minimum atomic E-state index is -0.873. The standard InChI is InChI=1S/C22H33NO5/c1-3-4-5-8-13-28-19-12-11-16(14-20(19)27-2)15-23-21(24)17-9-6-7-10-18(17)22(25)26/h11-12,14,17-18H,3-10,13,15H2,1-2H3,(H,23,24)(H,25,26). The van der Waals surface area contributed by atoms with Crippen molar-refractivity contribution in [1.29, 1.82) is 0 Å². The number of amides is 1. The Kier molecular flexibility index (Phi) is 9.11. The van der Waals surface area contributed by atoms with Crippen LogP contribution in [0.3, 0.4) is 0 Å². The average molecular weight is 392 g/mol. The van der Waals surface area contributed by atoms with E-state index < -0.39 is 17.8 Å². The van der Waals surface area contributed by atoms with E-state index >= 15 is 0 Å². The number of rotatable bonds is 11. The number of aliphatic carboxylic acids is 1. The number of carbonyl (C=O) groups excluding carboxylic acids is 1. The molecule has 156 valence electrons. The van der Waals surface area contributed by atoms with Crippen molar-refractivity contribution in [2.24, 2.45) is 11.8 Å². The van der Waals surface area contributed by atoms with Crippen LogP contribution in [0, 0.1) is 11.8 Å². The lowest BCUT2D eigenvalue weighted by Crippen LogP contribution is -2.39. The van der Waals surface area contributed by atoms with Crippen LogP contribution in [0.4, 0.5) is 0 Å². The number of carboxylic acid groups (broad SMARTS) is 1. The van der Waals surface area contributed by atoms with E-state index in [0.717, 1.165) is 31.2 Å². The number of ether oxygens (including phenoxy) is 2. The molecule has 0 bridgehead atoms. The maximum Gasteiger partial charge on any atom is 0.307 e. The second-order valence-electron chi connectivity index (χ2n) is 7.45. The second kappa shape index (κ2) is 11.6. The number of methoxy groups -OCH3 is 1. The van der Waals surface area contributed by atoms with E-state index in [1.54, 1.807) is 7.11 Å². The second-order valence-corrected chi connectivity index (χ2v) is 7.45. The van der Waals surface area contributed by atoms with Gasteiger partial charge in [-0.05, 0) is 37.0 Å². The lowest BCUT2D eigenvalue weighted by molar-refractivity contribution is -0.148. The summed E-state index contributed by atoms with van der Waals surface area (Å²) in [7, 11) is 1.60. The fourth-order valence-electron chi connectivity index (χ4n) is 3.71. The summed E-state index contributed by atoms with van der Waals surface area (Å²) < 4.78 is 11.2. The van der Waals surface area contributed by atoms with Crippen molar-refractivity contribution in [3.05, 3.63) is 23.8 Å². The van der Waals surface area contributed by atoms with Crippen molar-refractivity contribution in [2.75, 3.05) is 13.7 Å². The van der Waals surface area contributed by atoms with Gasteiger partial charge in [0.1, 0.15) is 0 Å². The first-order valence-corrected chi connectivity index (χ1v) is 10.4. The molecule has 1 aliphatic rings. The molecule has 0 aromatic heterocycles.